The molecule has 1 aliphatic rings. The van der Waals surface area contributed by atoms with Crippen LogP contribution in [0.4, 0.5) is 17.2 Å². The van der Waals surface area contributed by atoms with Crippen molar-refractivity contribution in [3.05, 3.63) is 60.6 Å². The molecule has 3 aromatic rings. The summed E-state index contributed by atoms with van der Waals surface area (Å²) < 4.78 is 11.6. The highest BCUT2D eigenvalue weighted by Gasteiger charge is 2.20. The van der Waals surface area contributed by atoms with E-state index in [1.807, 2.05) is 50.5 Å². The Morgan fingerprint density at radius 3 is 2.94 bits per heavy atom. The standard InChI is InChI=1S/C25H25N5O3/c1-4-17-6-5-7-18(12-17)28-25-20-13-22(29-24(31)8-10-30(2)3)23(14-21(20)26-16-27-25)33-19-9-11-32-15-19/h1,5-8,10,12-14,16,19H,9,11,15H2,2-3H3,(H,29,31)(H,26,27,28)/b10-8+/t19-/m1/s1. The minimum absolute atomic E-state index is 0.0821. The number of aromatic nitrogens is 2. The van der Waals surface area contributed by atoms with Crippen molar-refractivity contribution in [2.45, 2.75) is 12.5 Å². The monoisotopic (exact) mass is 443 g/mol. The second-order valence-corrected chi connectivity index (χ2v) is 7.81. The molecule has 2 aromatic carbocycles. The fourth-order valence-corrected chi connectivity index (χ4v) is 3.38. The molecule has 8 heteroatoms. The molecule has 1 atom stereocenters. The lowest BCUT2D eigenvalue weighted by atomic mass is 10.1. The van der Waals surface area contributed by atoms with Gasteiger partial charge in [0.2, 0.25) is 5.91 Å². The summed E-state index contributed by atoms with van der Waals surface area (Å²) in [6, 6.07) is 11.1. The number of carbonyl (C=O) groups excluding carboxylic acids is 1. The van der Waals surface area contributed by atoms with Crippen molar-refractivity contribution in [1.29, 1.82) is 0 Å². The van der Waals surface area contributed by atoms with E-state index in [2.05, 4.69) is 26.5 Å². The van der Waals surface area contributed by atoms with E-state index in [1.165, 1.54) is 12.4 Å². The molecule has 1 aliphatic heterocycles. The van der Waals surface area contributed by atoms with Crippen LogP contribution in [-0.2, 0) is 9.53 Å². The Hall–Kier alpha value is -4.09. The Labute approximate surface area is 192 Å². The summed E-state index contributed by atoms with van der Waals surface area (Å²) in [5.41, 5.74) is 2.76. The Kier molecular flexibility index (Phi) is 6.72. The third-order valence-corrected chi connectivity index (χ3v) is 4.99. The number of benzene rings is 2. The number of carbonyl (C=O) groups is 1. The van der Waals surface area contributed by atoms with Gasteiger partial charge in [-0.3, -0.25) is 4.79 Å². The van der Waals surface area contributed by atoms with E-state index < -0.39 is 0 Å². The molecule has 2 N–H and O–H groups in total. The molecule has 0 aliphatic carbocycles. The Bertz CT molecular complexity index is 1230. The summed E-state index contributed by atoms with van der Waals surface area (Å²) in [6.07, 6.45) is 10.8. The maximum atomic E-state index is 12.5. The number of nitrogens with one attached hydrogen (secondary N) is 2. The van der Waals surface area contributed by atoms with Crippen LogP contribution in [0.5, 0.6) is 5.75 Å². The molecule has 1 saturated heterocycles. The maximum Gasteiger partial charge on any atom is 0.249 e. The third-order valence-electron chi connectivity index (χ3n) is 4.99. The zero-order valence-electron chi connectivity index (χ0n) is 18.5. The first-order valence-electron chi connectivity index (χ1n) is 10.5. The number of hydrogen-bond donors (Lipinski definition) is 2. The number of hydrogen-bond acceptors (Lipinski definition) is 7. The second-order valence-electron chi connectivity index (χ2n) is 7.81. The number of ether oxygens (including phenoxy) is 2. The summed E-state index contributed by atoms with van der Waals surface area (Å²) in [4.78, 5) is 23.1. The normalized spacial score (nSPS) is 15.4. The van der Waals surface area contributed by atoms with Gasteiger partial charge in [0.25, 0.3) is 0 Å². The number of terminal acetylenes is 1. The van der Waals surface area contributed by atoms with Gasteiger partial charge in [-0.25, -0.2) is 9.97 Å². The molecular formula is C25H25N5O3. The molecule has 2 heterocycles. The topological polar surface area (TPSA) is 88.6 Å². The van der Waals surface area contributed by atoms with Crippen LogP contribution in [-0.4, -0.2) is 54.2 Å². The van der Waals surface area contributed by atoms with Crippen LogP contribution in [0.15, 0.2) is 55.0 Å². The highest BCUT2D eigenvalue weighted by molar-refractivity contribution is 6.03. The van der Waals surface area contributed by atoms with E-state index in [9.17, 15) is 4.79 Å². The first-order chi connectivity index (χ1) is 16.0. The zero-order valence-corrected chi connectivity index (χ0v) is 18.5. The molecule has 1 amide bonds. The maximum absolute atomic E-state index is 12.5. The molecule has 33 heavy (non-hydrogen) atoms. The van der Waals surface area contributed by atoms with Gasteiger partial charge < -0.3 is 25.0 Å². The van der Waals surface area contributed by atoms with Crippen molar-refractivity contribution in [3.8, 4) is 18.1 Å². The van der Waals surface area contributed by atoms with E-state index >= 15 is 0 Å². The minimum Gasteiger partial charge on any atom is -0.486 e. The van der Waals surface area contributed by atoms with Crippen LogP contribution >= 0.6 is 0 Å². The van der Waals surface area contributed by atoms with Crippen LogP contribution in [0.2, 0.25) is 0 Å². The van der Waals surface area contributed by atoms with Crippen molar-refractivity contribution in [2.24, 2.45) is 0 Å². The van der Waals surface area contributed by atoms with Crippen LogP contribution < -0.4 is 15.4 Å². The molecule has 0 radical (unpaired) electrons. The van der Waals surface area contributed by atoms with Crippen molar-refractivity contribution in [1.82, 2.24) is 14.9 Å². The summed E-state index contributed by atoms with van der Waals surface area (Å²) in [7, 11) is 3.69. The van der Waals surface area contributed by atoms with Crippen LogP contribution in [0, 0.1) is 12.3 Å². The van der Waals surface area contributed by atoms with Gasteiger partial charge in [0, 0.05) is 55.5 Å². The highest BCUT2D eigenvalue weighted by Crippen LogP contribution is 2.34. The van der Waals surface area contributed by atoms with Crippen molar-refractivity contribution in [2.75, 3.05) is 37.9 Å². The summed E-state index contributed by atoms with van der Waals surface area (Å²) in [5.74, 6) is 3.47. The molecule has 0 spiro atoms. The molecular weight excluding hydrogens is 418 g/mol. The van der Waals surface area contributed by atoms with Gasteiger partial charge in [-0.15, -0.1) is 6.42 Å². The largest absolute Gasteiger partial charge is 0.486 e. The molecule has 168 valence electrons. The second kappa shape index (κ2) is 10.0. The Balaban J connectivity index is 1.71. The highest BCUT2D eigenvalue weighted by atomic mass is 16.5. The lowest BCUT2D eigenvalue weighted by molar-refractivity contribution is -0.112. The minimum atomic E-state index is -0.274. The molecule has 1 aromatic heterocycles. The van der Waals surface area contributed by atoms with Crippen LogP contribution in [0.3, 0.4) is 0 Å². The first kappa shape index (κ1) is 22.1. The predicted molar refractivity (Wildman–Crippen MR) is 129 cm³/mol. The quantitative estimate of drug-likeness (QED) is 0.427. The zero-order chi connectivity index (χ0) is 23.2. The van der Waals surface area contributed by atoms with Gasteiger partial charge in [-0.05, 0) is 24.3 Å². The molecule has 0 bridgehead atoms. The Morgan fingerprint density at radius 2 is 2.18 bits per heavy atom. The number of amides is 1. The lowest BCUT2D eigenvalue weighted by Gasteiger charge is -2.17. The van der Waals surface area contributed by atoms with Crippen LogP contribution in [0.1, 0.15) is 12.0 Å². The number of nitrogens with zero attached hydrogens (tertiary/aromatic N) is 3. The number of rotatable bonds is 7. The molecule has 8 nitrogen and oxygen atoms in total. The smallest absolute Gasteiger partial charge is 0.249 e. The summed E-state index contributed by atoms with van der Waals surface area (Å²) in [5, 5.41) is 6.93. The first-order valence-corrected chi connectivity index (χ1v) is 10.5. The van der Waals surface area contributed by atoms with E-state index in [-0.39, 0.29) is 12.0 Å². The average molecular weight is 444 g/mol. The molecule has 1 fully saturated rings. The molecule has 0 unspecified atom stereocenters. The van der Waals surface area contributed by atoms with Crippen molar-refractivity contribution < 1.29 is 14.3 Å². The predicted octanol–water partition coefficient (Wildman–Crippen LogP) is 3.54. The number of anilines is 3. The Morgan fingerprint density at radius 1 is 1.30 bits per heavy atom. The van der Waals surface area contributed by atoms with Gasteiger partial charge in [-0.1, -0.05) is 12.0 Å². The van der Waals surface area contributed by atoms with Gasteiger partial charge in [0.1, 0.15) is 24.0 Å². The van der Waals surface area contributed by atoms with E-state index in [1.54, 1.807) is 11.1 Å². The van der Waals surface area contributed by atoms with Gasteiger partial charge in [-0.2, -0.15) is 0 Å². The van der Waals surface area contributed by atoms with Gasteiger partial charge in [0.15, 0.2) is 0 Å². The summed E-state index contributed by atoms with van der Waals surface area (Å²) in [6.45, 7) is 1.16. The third kappa shape index (κ3) is 5.59. The lowest BCUT2D eigenvalue weighted by Crippen LogP contribution is -2.18. The van der Waals surface area contributed by atoms with Crippen molar-refractivity contribution >= 4 is 34.0 Å². The fraction of sp³-hybridized carbons (Fsp3) is 0.240. The van der Waals surface area contributed by atoms with E-state index in [0.717, 1.165) is 23.1 Å². The van der Waals surface area contributed by atoms with Crippen molar-refractivity contribution in [3.63, 3.8) is 0 Å². The van der Waals surface area contributed by atoms with Gasteiger partial charge in [0.05, 0.1) is 24.4 Å². The average Bonchev–Trinajstić information content (AvgIpc) is 3.32. The molecule has 4 rings (SSSR count). The SMILES string of the molecule is C#Cc1cccc(Nc2ncnc3cc(O[C@@H]4CCOC4)c(NC(=O)/C=C/N(C)C)cc23)c1. The fourth-order valence-electron chi connectivity index (χ4n) is 3.38. The van der Waals surface area contributed by atoms with Crippen LogP contribution in [0.25, 0.3) is 10.9 Å². The summed E-state index contributed by atoms with van der Waals surface area (Å²) >= 11 is 0. The molecule has 0 saturated carbocycles. The van der Waals surface area contributed by atoms with E-state index in [4.69, 9.17) is 15.9 Å². The van der Waals surface area contributed by atoms with E-state index in [0.29, 0.717) is 36.0 Å². The number of fused-ring (bicyclic) bond motifs is 1. The van der Waals surface area contributed by atoms with Gasteiger partial charge >= 0.3 is 0 Å².